The van der Waals surface area contributed by atoms with E-state index in [0.717, 1.165) is 17.1 Å². The second-order valence-corrected chi connectivity index (χ2v) is 5.38. The van der Waals surface area contributed by atoms with E-state index < -0.39 is 0 Å². The average Bonchev–Trinajstić information content (AvgIpc) is 3.03. The molecule has 4 aromatic rings. The van der Waals surface area contributed by atoms with Gasteiger partial charge in [0.25, 0.3) is 6.01 Å². The zero-order valence-electron chi connectivity index (χ0n) is 13.1. The van der Waals surface area contributed by atoms with Crippen molar-refractivity contribution in [2.45, 2.75) is 0 Å². The summed E-state index contributed by atoms with van der Waals surface area (Å²) in [5, 5.41) is 20.9. The number of hydrogen-bond donors (Lipinski definition) is 2. The molecule has 0 amide bonds. The highest BCUT2D eigenvalue weighted by atomic mass is 16.4. The average molecular weight is 330 g/mol. The Balaban J connectivity index is 1.48. The molecule has 0 atom stereocenters. The van der Waals surface area contributed by atoms with Gasteiger partial charge >= 0.3 is 0 Å². The van der Waals surface area contributed by atoms with Crippen molar-refractivity contribution in [3.63, 3.8) is 0 Å². The standard InChI is InChI=1S/C19H14N4O2/c24-16-10-11-18-17(12-16)21-19(25-18)20-13-6-8-15(9-7-13)23-22-14-4-2-1-3-5-14/h1-12,24H,(H,20,21). The van der Waals surface area contributed by atoms with E-state index >= 15 is 0 Å². The summed E-state index contributed by atoms with van der Waals surface area (Å²) in [7, 11) is 0. The van der Waals surface area contributed by atoms with Crippen LogP contribution in [0.4, 0.5) is 23.1 Å². The van der Waals surface area contributed by atoms with Crippen LogP contribution in [-0.4, -0.2) is 10.1 Å². The Hall–Kier alpha value is -3.67. The number of phenols is 1. The number of fused-ring (bicyclic) bond motifs is 1. The van der Waals surface area contributed by atoms with Crippen molar-refractivity contribution < 1.29 is 9.52 Å². The number of azo groups is 1. The number of rotatable bonds is 4. The maximum absolute atomic E-state index is 9.47. The zero-order chi connectivity index (χ0) is 17.1. The lowest BCUT2D eigenvalue weighted by Gasteiger charge is -2.01. The highest BCUT2D eigenvalue weighted by molar-refractivity contribution is 5.76. The summed E-state index contributed by atoms with van der Waals surface area (Å²) in [4.78, 5) is 4.29. The number of anilines is 2. The van der Waals surface area contributed by atoms with E-state index in [1.165, 1.54) is 0 Å². The Labute approximate surface area is 143 Å². The van der Waals surface area contributed by atoms with Gasteiger partial charge in [0.05, 0.1) is 11.4 Å². The Bertz CT molecular complexity index is 1020. The van der Waals surface area contributed by atoms with Crippen LogP contribution in [0.25, 0.3) is 11.1 Å². The molecule has 0 fully saturated rings. The molecule has 0 bridgehead atoms. The molecule has 0 saturated carbocycles. The number of benzene rings is 3. The van der Waals surface area contributed by atoms with Gasteiger partial charge in [-0.15, -0.1) is 0 Å². The molecule has 0 spiro atoms. The van der Waals surface area contributed by atoms with Gasteiger partial charge in [0.1, 0.15) is 11.3 Å². The highest BCUT2D eigenvalue weighted by Gasteiger charge is 2.06. The molecule has 0 radical (unpaired) electrons. The second-order valence-electron chi connectivity index (χ2n) is 5.38. The van der Waals surface area contributed by atoms with Crippen LogP contribution < -0.4 is 5.32 Å². The number of oxazole rings is 1. The van der Waals surface area contributed by atoms with E-state index in [1.54, 1.807) is 18.2 Å². The Morgan fingerprint density at radius 2 is 1.56 bits per heavy atom. The van der Waals surface area contributed by atoms with Crippen LogP contribution in [0.1, 0.15) is 0 Å². The van der Waals surface area contributed by atoms with E-state index in [4.69, 9.17) is 4.42 Å². The van der Waals surface area contributed by atoms with E-state index in [9.17, 15) is 5.11 Å². The summed E-state index contributed by atoms with van der Waals surface area (Å²) >= 11 is 0. The number of aromatic nitrogens is 1. The van der Waals surface area contributed by atoms with Gasteiger partial charge in [-0.2, -0.15) is 15.2 Å². The molecule has 6 nitrogen and oxygen atoms in total. The lowest BCUT2D eigenvalue weighted by atomic mass is 10.3. The van der Waals surface area contributed by atoms with Crippen LogP contribution in [0, 0.1) is 0 Å². The molecule has 0 aliphatic rings. The van der Waals surface area contributed by atoms with Gasteiger partial charge in [0.15, 0.2) is 5.58 Å². The Morgan fingerprint density at radius 1 is 0.840 bits per heavy atom. The van der Waals surface area contributed by atoms with Gasteiger partial charge < -0.3 is 14.8 Å². The van der Waals surface area contributed by atoms with Gasteiger partial charge in [0, 0.05) is 11.8 Å². The fourth-order valence-electron chi connectivity index (χ4n) is 2.31. The predicted molar refractivity (Wildman–Crippen MR) is 96.0 cm³/mol. The van der Waals surface area contributed by atoms with Crippen molar-refractivity contribution in [2.24, 2.45) is 10.2 Å². The Kier molecular flexibility index (Phi) is 3.84. The zero-order valence-corrected chi connectivity index (χ0v) is 13.1. The van der Waals surface area contributed by atoms with Crippen LogP contribution in [0.15, 0.2) is 87.4 Å². The molecule has 2 N–H and O–H groups in total. The number of hydrogen-bond acceptors (Lipinski definition) is 6. The van der Waals surface area contributed by atoms with Crippen molar-refractivity contribution in [3.05, 3.63) is 72.8 Å². The predicted octanol–water partition coefficient (Wildman–Crippen LogP) is 5.69. The quantitative estimate of drug-likeness (QED) is 0.471. The number of nitrogens with one attached hydrogen (secondary N) is 1. The SMILES string of the molecule is Oc1ccc2oc(Nc3ccc(N=Nc4ccccc4)cc3)nc2c1. The van der Waals surface area contributed by atoms with Crippen molar-refractivity contribution in [1.82, 2.24) is 4.98 Å². The van der Waals surface area contributed by atoms with Crippen LogP contribution >= 0.6 is 0 Å². The normalized spacial score (nSPS) is 11.2. The first kappa shape index (κ1) is 14.9. The topological polar surface area (TPSA) is 83.0 Å². The Morgan fingerprint density at radius 3 is 2.32 bits per heavy atom. The smallest absolute Gasteiger partial charge is 0.300 e. The van der Waals surface area contributed by atoms with Crippen molar-refractivity contribution in [1.29, 1.82) is 0 Å². The molecule has 0 unspecified atom stereocenters. The van der Waals surface area contributed by atoms with Crippen LogP contribution in [0.5, 0.6) is 5.75 Å². The molecule has 0 aliphatic heterocycles. The third-order valence-corrected chi connectivity index (χ3v) is 3.53. The maximum Gasteiger partial charge on any atom is 0.300 e. The minimum Gasteiger partial charge on any atom is -0.508 e. The summed E-state index contributed by atoms with van der Waals surface area (Å²) in [5.41, 5.74) is 3.56. The summed E-state index contributed by atoms with van der Waals surface area (Å²) in [5.74, 6) is 0.153. The molecule has 4 rings (SSSR count). The second kappa shape index (κ2) is 6.45. The fraction of sp³-hybridized carbons (Fsp3) is 0. The monoisotopic (exact) mass is 330 g/mol. The van der Waals surface area contributed by atoms with Gasteiger partial charge in [-0.05, 0) is 48.5 Å². The van der Waals surface area contributed by atoms with Crippen LogP contribution in [0.3, 0.4) is 0 Å². The fourth-order valence-corrected chi connectivity index (χ4v) is 2.31. The molecule has 1 heterocycles. The molecular weight excluding hydrogens is 316 g/mol. The van der Waals surface area contributed by atoms with Crippen LogP contribution in [-0.2, 0) is 0 Å². The molecule has 0 saturated heterocycles. The molecule has 0 aliphatic carbocycles. The van der Waals surface area contributed by atoms with E-state index in [2.05, 4.69) is 20.5 Å². The summed E-state index contributed by atoms with van der Waals surface area (Å²) in [6, 6.07) is 22.1. The maximum atomic E-state index is 9.47. The molecule has 25 heavy (non-hydrogen) atoms. The van der Waals surface area contributed by atoms with Gasteiger partial charge in [-0.3, -0.25) is 0 Å². The minimum absolute atomic E-state index is 0.153. The van der Waals surface area contributed by atoms with E-state index in [0.29, 0.717) is 17.1 Å². The van der Waals surface area contributed by atoms with Crippen LogP contribution in [0.2, 0.25) is 0 Å². The number of aromatic hydroxyl groups is 1. The summed E-state index contributed by atoms with van der Waals surface area (Å²) in [6.07, 6.45) is 0. The van der Waals surface area contributed by atoms with Crippen molar-refractivity contribution in [2.75, 3.05) is 5.32 Å². The summed E-state index contributed by atoms with van der Waals surface area (Å²) < 4.78 is 5.59. The van der Waals surface area contributed by atoms with E-state index in [1.807, 2.05) is 54.6 Å². The van der Waals surface area contributed by atoms with Crippen molar-refractivity contribution in [3.8, 4) is 5.75 Å². The van der Waals surface area contributed by atoms with Gasteiger partial charge in [-0.1, -0.05) is 18.2 Å². The summed E-state index contributed by atoms with van der Waals surface area (Å²) in [6.45, 7) is 0. The largest absolute Gasteiger partial charge is 0.508 e. The first-order valence-electron chi connectivity index (χ1n) is 7.70. The molecule has 1 aromatic heterocycles. The number of phenolic OH excluding ortho intramolecular Hbond substituents is 1. The first-order valence-corrected chi connectivity index (χ1v) is 7.70. The van der Waals surface area contributed by atoms with Gasteiger partial charge in [0.2, 0.25) is 0 Å². The number of nitrogens with zero attached hydrogens (tertiary/aromatic N) is 3. The third-order valence-electron chi connectivity index (χ3n) is 3.53. The molecule has 122 valence electrons. The third kappa shape index (κ3) is 3.48. The van der Waals surface area contributed by atoms with Gasteiger partial charge in [-0.25, -0.2) is 0 Å². The lowest BCUT2D eigenvalue weighted by molar-refractivity contribution is 0.476. The van der Waals surface area contributed by atoms with E-state index in [-0.39, 0.29) is 5.75 Å². The minimum atomic E-state index is 0.153. The highest BCUT2D eigenvalue weighted by Crippen LogP contribution is 2.26. The first-order chi connectivity index (χ1) is 12.3. The molecule has 6 heteroatoms. The lowest BCUT2D eigenvalue weighted by Crippen LogP contribution is -1.88. The van der Waals surface area contributed by atoms with Crippen molar-refractivity contribution >= 4 is 34.2 Å². The molecule has 3 aromatic carbocycles. The molecular formula is C19H14N4O2.